The van der Waals surface area contributed by atoms with Gasteiger partial charge in [-0.05, 0) is 44.2 Å². The normalized spacial score (nSPS) is 12.3. The number of fused-ring (bicyclic) bond motifs is 1. The zero-order valence-electron chi connectivity index (χ0n) is 19.5. The molecule has 188 valence electrons. The Morgan fingerprint density at radius 1 is 1.11 bits per heavy atom. The molecule has 4 aromatic rings. The topological polar surface area (TPSA) is 89.8 Å². The number of sulfonamides is 1. The molecule has 0 bridgehead atoms. The fraction of sp³-hybridized carbons (Fsp3) is 0.200. The van der Waals surface area contributed by atoms with Gasteiger partial charge in [0.05, 0.1) is 33.0 Å². The highest BCUT2D eigenvalue weighted by atomic mass is 32.2. The molecule has 1 amide bonds. The van der Waals surface area contributed by atoms with Crippen molar-refractivity contribution in [3.05, 3.63) is 88.2 Å². The van der Waals surface area contributed by atoms with Crippen LogP contribution in [-0.4, -0.2) is 32.1 Å². The van der Waals surface area contributed by atoms with Gasteiger partial charge in [-0.25, -0.2) is 17.2 Å². The van der Waals surface area contributed by atoms with Gasteiger partial charge in [-0.3, -0.25) is 9.52 Å². The lowest BCUT2D eigenvalue weighted by atomic mass is 10.2. The van der Waals surface area contributed by atoms with Gasteiger partial charge in [0, 0.05) is 19.2 Å². The SMILES string of the molecule is CCOCCn1c(=NC(=O)c2ccccc2NS(=O)(=O)c2ccc(C)cc2)sc2cc(F)cc(F)c21. The number of thiazole rings is 1. The number of carbonyl (C=O) groups excluding carboxylic acids is 1. The number of ether oxygens (including phenoxy) is 1. The number of para-hydroxylation sites is 1. The monoisotopic (exact) mass is 531 g/mol. The lowest BCUT2D eigenvalue weighted by Gasteiger charge is -2.11. The van der Waals surface area contributed by atoms with Gasteiger partial charge in [-0.1, -0.05) is 41.2 Å². The lowest BCUT2D eigenvalue weighted by Crippen LogP contribution is -2.21. The van der Waals surface area contributed by atoms with Crippen LogP contribution in [-0.2, 0) is 21.3 Å². The van der Waals surface area contributed by atoms with E-state index in [1.165, 1.54) is 34.9 Å². The zero-order chi connectivity index (χ0) is 25.9. The summed E-state index contributed by atoms with van der Waals surface area (Å²) in [5.41, 5.74) is 1.07. The van der Waals surface area contributed by atoms with Gasteiger partial charge in [0.25, 0.3) is 15.9 Å². The van der Waals surface area contributed by atoms with Gasteiger partial charge in [0.1, 0.15) is 5.82 Å². The van der Waals surface area contributed by atoms with Gasteiger partial charge < -0.3 is 9.30 Å². The van der Waals surface area contributed by atoms with Crippen LogP contribution >= 0.6 is 11.3 Å². The summed E-state index contributed by atoms with van der Waals surface area (Å²) in [6, 6.07) is 14.3. The van der Waals surface area contributed by atoms with Crippen molar-refractivity contribution < 1.29 is 26.7 Å². The van der Waals surface area contributed by atoms with Crippen LogP contribution in [0.25, 0.3) is 10.2 Å². The van der Waals surface area contributed by atoms with E-state index in [1.807, 2.05) is 13.8 Å². The third-order valence-corrected chi connectivity index (χ3v) is 7.70. The fourth-order valence-corrected chi connectivity index (χ4v) is 5.72. The second-order valence-electron chi connectivity index (χ2n) is 7.85. The number of hydrogen-bond acceptors (Lipinski definition) is 5. The fourth-order valence-electron chi connectivity index (χ4n) is 3.55. The summed E-state index contributed by atoms with van der Waals surface area (Å²) in [4.78, 5) is 17.5. The Kier molecular flexibility index (Phi) is 7.62. The molecule has 0 aliphatic rings. The average Bonchev–Trinajstić information content (AvgIpc) is 3.16. The van der Waals surface area contributed by atoms with Crippen molar-refractivity contribution in [2.75, 3.05) is 17.9 Å². The zero-order valence-corrected chi connectivity index (χ0v) is 21.1. The maximum Gasteiger partial charge on any atom is 0.281 e. The summed E-state index contributed by atoms with van der Waals surface area (Å²) in [5.74, 6) is -2.26. The quantitative estimate of drug-likeness (QED) is 0.329. The van der Waals surface area contributed by atoms with E-state index in [0.717, 1.165) is 23.0 Å². The minimum absolute atomic E-state index is 0.00801. The van der Waals surface area contributed by atoms with Crippen molar-refractivity contribution in [1.82, 2.24) is 4.57 Å². The number of nitrogens with zero attached hydrogens (tertiary/aromatic N) is 2. The summed E-state index contributed by atoms with van der Waals surface area (Å²) in [5, 5.41) is 0. The Labute approximate surface area is 210 Å². The molecule has 1 heterocycles. The molecule has 0 radical (unpaired) electrons. The number of benzene rings is 3. The van der Waals surface area contributed by atoms with Crippen LogP contribution in [0, 0.1) is 18.6 Å². The lowest BCUT2D eigenvalue weighted by molar-refractivity contribution is 0.0997. The van der Waals surface area contributed by atoms with Crippen LogP contribution in [0.3, 0.4) is 0 Å². The molecular weight excluding hydrogens is 508 g/mol. The molecule has 7 nitrogen and oxygen atoms in total. The predicted molar refractivity (Wildman–Crippen MR) is 135 cm³/mol. The van der Waals surface area contributed by atoms with E-state index in [2.05, 4.69) is 9.71 Å². The van der Waals surface area contributed by atoms with Gasteiger partial charge >= 0.3 is 0 Å². The minimum Gasteiger partial charge on any atom is -0.380 e. The maximum atomic E-state index is 14.6. The van der Waals surface area contributed by atoms with Crippen molar-refractivity contribution >= 4 is 43.2 Å². The highest BCUT2D eigenvalue weighted by Crippen LogP contribution is 2.24. The van der Waals surface area contributed by atoms with E-state index in [0.29, 0.717) is 6.61 Å². The standard InChI is InChI=1S/C25H23F2N3O4S2/c1-3-34-13-12-30-23-20(27)14-17(26)15-22(23)35-25(30)28-24(31)19-6-4-5-7-21(19)29-36(32,33)18-10-8-16(2)9-11-18/h4-11,14-15,29H,3,12-13H2,1-2H3. The Morgan fingerprint density at radius 3 is 2.56 bits per heavy atom. The van der Waals surface area contributed by atoms with Crippen LogP contribution in [0.15, 0.2) is 70.6 Å². The first-order valence-corrected chi connectivity index (χ1v) is 13.3. The molecule has 0 atom stereocenters. The molecular formula is C25H23F2N3O4S2. The molecule has 0 spiro atoms. The van der Waals surface area contributed by atoms with Crippen molar-refractivity contribution in [1.29, 1.82) is 0 Å². The highest BCUT2D eigenvalue weighted by Gasteiger charge is 2.19. The van der Waals surface area contributed by atoms with Crippen LogP contribution < -0.4 is 9.52 Å². The van der Waals surface area contributed by atoms with Gasteiger partial charge in [0.2, 0.25) is 0 Å². The van der Waals surface area contributed by atoms with Crippen LogP contribution in [0.1, 0.15) is 22.8 Å². The van der Waals surface area contributed by atoms with Crippen LogP contribution in [0.5, 0.6) is 0 Å². The largest absolute Gasteiger partial charge is 0.380 e. The number of carbonyl (C=O) groups is 1. The van der Waals surface area contributed by atoms with E-state index in [9.17, 15) is 22.0 Å². The van der Waals surface area contributed by atoms with E-state index in [-0.39, 0.29) is 44.3 Å². The average molecular weight is 532 g/mol. The molecule has 0 aliphatic heterocycles. The first-order chi connectivity index (χ1) is 17.2. The summed E-state index contributed by atoms with van der Waals surface area (Å²) in [6.07, 6.45) is 0. The number of rotatable bonds is 8. The smallest absolute Gasteiger partial charge is 0.281 e. The van der Waals surface area contributed by atoms with Gasteiger partial charge in [-0.15, -0.1) is 0 Å². The van der Waals surface area contributed by atoms with E-state index in [4.69, 9.17) is 4.74 Å². The highest BCUT2D eigenvalue weighted by molar-refractivity contribution is 7.92. The van der Waals surface area contributed by atoms with Crippen molar-refractivity contribution in [2.24, 2.45) is 4.99 Å². The first kappa shape index (κ1) is 25.7. The van der Waals surface area contributed by atoms with Crippen LogP contribution in [0.2, 0.25) is 0 Å². The Bertz CT molecular complexity index is 1590. The Hall–Kier alpha value is -3.41. The number of aromatic nitrogens is 1. The van der Waals surface area contributed by atoms with Crippen LogP contribution in [0.4, 0.5) is 14.5 Å². The molecule has 0 fully saturated rings. The molecule has 1 N–H and O–H groups in total. The molecule has 0 saturated heterocycles. The predicted octanol–water partition coefficient (Wildman–Crippen LogP) is 4.87. The Balaban J connectivity index is 1.75. The summed E-state index contributed by atoms with van der Waals surface area (Å²) in [6.45, 7) is 4.52. The summed E-state index contributed by atoms with van der Waals surface area (Å²) in [7, 11) is -3.97. The maximum absolute atomic E-state index is 14.6. The minimum atomic E-state index is -3.97. The molecule has 0 unspecified atom stereocenters. The summed E-state index contributed by atoms with van der Waals surface area (Å²) >= 11 is 0.952. The molecule has 4 rings (SSSR count). The van der Waals surface area contributed by atoms with Gasteiger partial charge in [-0.2, -0.15) is 4.99 Å². The second-order valence-corrected chi connectivity index (χ2v) is 10.5. The number of hydrogen-bond donors (Lipinski definition) is 1. The summed E-state index contributed by atoms with van der Waals surface area (Å²) < 4.78 is 63.8. The number of nitrogens with one attached hydrogen (secondary N) is 1. The molecule has 36 heavy (non-hydrogen) atoms. The van der Waals surface area contributed by atoms with E-state index in [1.54, 1.807) is 24.3 Å². The third kappa shape index (κ3) is 5.53. The molecule has 0 aliphatic carbocycles. The van der Waals surface area contributed by atoms with Crippen molar-refractivity contribution in [2.45, 2.75) is 25.3 Å². The van der Waals surface area contributed by atoms with E-state index < -0.39 is 27.6 Å². The molecule has 11 heteroatoms. The molecule has 1 aromatic heterocycles. The molecule has 0 saturated carbocycles. The number of anilines is 1. The number of aryl methyl sites for hydroxylation is 1. The van der Waals surface area contributed by atoms with Crippen molar-refractivity contribution in [3.8, 4) is 0 Å². The first-order valence-electron chi connectivity index (χ1n) is 11.0. The molecule has 3 aromatic carbocycles. The van der Waals surface area contributed by atoms with E-state index >= 15 is 0 Å². The van der Waals surface area contributed by atoms with Crippen molar-refractivity contribution in [3.63, 3.8) is 0 Å². The number of amides is 1. The Morgan fingerprint density at radius 2 is 1.83 bits per heavy atom. The third-order valence-electron chi connectivity index (χ3n) is 5.29. The second kappa shape index (κ2) is 10.7. The number of halogens is 2. The van der Waals surface area contributed by atoms with Gasteiger partial charge in [0.15, 0.2) is 10.6 Å².